The van der Waals surface area contributed by atoms with Crippen LogP contribution in [0.1, 0.15) is 19.3 Å². The maximum atomic E-state index is 11.4. The maximum absolute atomic E-state index is 11.4. The minimum absolute atomic E-state index is 0.194. The number of rotatable bonds is 1. The van der Waals surface area contributed by atoms with Crippen molar-refractivity contribution in [3.8, 4) is 0 Å². The van der Waals surface area contributed by atoms with Crippen LogP contribution in [0.15, 0.2) is 0 Å². The molecule has 3 N–H and O–H groups in total. The second-order valence-corrected chi connectivity index (χ2v) is 3.77. The van der Waals surface area contributed by atoms with Crippen LogP contribution >= 0.6 is 0 Å². The molecule has 0 aromatic heterocycles. The fraction of sp³-hybridized carbons (Fsp3) is 0.625. The highest BCUT2D eigenvalue weighted by molar-refractivity contribution is 6.07. The summed E-state index contributed by atoms with van der Waals surface area (Å²) in [5, 5.41) is 13.4. The Balaban J connectivity index is 2.17. The number of carboxylic acids is 1. The molecule has 0 bridgehead atoms. The first-order chi connectivity index (χ1) is 6.53. The van der Waals surface area contributed by atoms with Crippen LogP contribution in [0.4, 0.5) is 4.79 Å². The van der Waals surface area contributed by atoms with Gasteiger partial charge in [-0.3, -0.25) is 14.9 Å². The summed E-state index contributed by atoms with van der Waals surface area (Å²) in [5.41, 5.74) is -0.958. The van der Waals surface area contributed by atoms with E-state index in [2.05, 4.69) is 10.6 Å². The van der Waals surface area contributed by atoms with E-state index in [9.17, 15) is 14.4 Å². The van der Waals surface area contributed by atoms with Crippen molar-refractivity contribution in [2.24, 2.45) is 5.92 Å². The van der Waals surface area contributed by atoms with Gasteiger partial charge in [0, 0.05) is 0 Å². The first-order valence-corrected chi connectivity index (χ1v) is 4.40. The largest absolute Gasteiger partial charge is 0.481 e. The van der Waals surface area contributed by atoms with Crippen LogP contribution in [-0.4, -0.2) is 28.6 Å². The van der Waals surface area contributed by atoms with Crippen LogP contribution in [0.25, 0.3) is 0 Å². The van der Waals surface area contributed by atoms with E-state index in [1.165, 1.54) is 0 Å². The molecule has 0 radical (unpaired) electrons. The molecule has 1 aliphatic carbocycles. The lowest BCUT2D eigenvalue weighted by molar-refractivity contribution is -0.141. The number of aliphatic carboxylic acids is 1. The quantitative estimate of drug-likeness (QED) is 0.492. The molecule has 0 aromatic rings. The second-order valence-electron chi connectivity index (χ2n) is 3.77. The number of amides is 3. The summed E-state index contributed by atoms with van der Waals surface area (Å²) in [4.78, 5) is 33.0. The molecule has 1 saturated heterocycles. The van der Waals surface area contributed by atoms with E-state index in [4.69, 9.17) is 5.11 Å². The third-order valence-electron chi connectivity index (χ3n) is 2.88. The van der Waals surface area contributed by atoms with Crippen LogP contribution in [-0.2, 0) is 9.59 Å². The topological polar surface area (TPSA) is 95.5 Å². The van der Waals surface area contributed by atoms with Gasteiger partial charge in [-0.15, -0.1) is 0 Å². The third kappa shape index (κ3) is 1.14. The Kier molecular flexibility index (Phi) is 1.73. The molecule has 3 amide bonds. The highest BCUT2D eigenvalue weighted by atomic mass is 16.4. The first-order valence-electron chi connectivity index (χ1n) is 4.40. The van der Waals surface area contributed by atoms with E-state index in [-0.39, 0.29) is 6.42 Å². The molecule has 0 unspecified atom stereocenters. The van der Waals surface area contributed by atoms with Crippen molar-refractivity contribution < 1.29 is 19.5 Å². The van der Waals surface area contributed by atoms with Gasteiger partial charge >= 0.3 is 12.0 Å². The van der Waals surface area contributed by atoms with Gasteiger partial charge in [0.2, 0.25) is 0 Å². The van der Waals surface area contributed by atoms with Gasteiger partial charge in [0.05, 0.1) is 5.92 Å². The number of carbonyl (C=O) groups excluding carboxylic acids is 2. The molecule has 6 nitrogen and oxygen atoms in total. The molecule has 6 heteroatoms. The molecule has 0 aromatic carbocycles. The predicted molar refractivity (Wildman–Crippen MR) is 44.4 cm³/mol. The van der Waals surface area contributed by atoms with Crippen LogP contribution in [0, 0.1) is 5.92 Å². The van der Waals surface area contributed by atoms with Crippen molar-refractivity contribution in [1.29, 1.82) is 0 Å². The van der Waals surface area contributed by atoms with E-state index < -0.39 is 29.4 Å². The van der Waals surface area contributed by atoms with Crippen LogP contribution < -0.4 is 10.6 Å². The average molecular weight is 198 g/mol. The van der Waals surface area contributed by atoms with Gasteiger partial charge in [0.15, 0.2) is 0 Å². The molecule has 2 aliphatic rings. The summed E-state index contributed by atoms with van der Waals surface area (Å²) < 4.78 is 0. The lowest BCUT2D eigenvalue weighted by atomic mass is 9.96. The van der Waals surface area contributed by atoms with Crippen molar-refractivity contribution in [3.63, 3.8) is 0 Å². The van der Waals surface area contributed by atoms with Crippen molar-refractivity contribution in [1.82, 2.24) is 10.6 Å². The Morgan fingerprint density at radius 1 is 1.50 bits per heavy atom. The molecule has 2 atom stereocenters. The number of hydrogen-bond donors (Lipinski definition) is 3. The summed E-state index contributed by atoms with van der Waals surface area (Å²) in [6.07, 6.45) is 1.03. The van der Waals surface area contributed by atoms with Crippen LogP contribution in [0.2, 0.25) is 0 Å². The molecule has 1 heterocycles. The number of nitrogens with one attached hydrogen (secondary N) is 2. The standard InChI is InChI=1S/C8H10N2O4/c11-5(12)4-1-2-8(3-4)6(13)9-7(14)10-8/h4H,1-3H2,(H,11,12)(H2,9,10,13,14)/t4-,8-/m1/s1. The van der Waals surface area contributed by atoms with E-state index >= 15 is 0 Å². The number of imide groups is 1. The average Bonchev–Trinajstić information content (AvgIpc) is 2.59. The maximum Gasteiger partial charge on any atom is 0.322 e. The van der Waals surface area contributed by atoms with Gasteiger partial charge in [-0.05, 0) is 19.3 Å². The van der Waals surface area contributed by atoms with Crippen molar-refractivity contribution in [3.05, 3.63) is 0 Å². The second kappa shape index (κ2) is 2.70. The number of hydrogen-bond acceptors (Lipinski definition) is 3. The molecule has 1 aliphatic heterocycles. The summed E-state index contributed by atoms with van der Waals surface area (Å²) in [6.45, 7) is 0. The van der Waals surface area contributed by atoms with E-state index in [1.54, 1.807) is 0 Å². The Morgan fingerprint density at radius 3 is 2.64 bits per heavy atom. The van der Waals surface area contributed by atoms with Crippen LogP contribution in [0.3, 0.4) is 0 Å². The van der Waals surface area contributed by atoms with Crippen molar-refractivity contribution in [2.75, 3.05) is 0 Å². The number of carboxylic acid groups (broad SMARTS) is 1. The molecule has 2 fully saturated rings. The fourth-order valence-electron chi connectivity index (χ4n) is 2.10. The van der Waals surface area contributed by atoms with Crippen LogP contribution in [0.5, 0.6) is 0 Å². The molecule has 2 rings (SSSR count). The smallest absolute Gasteiger partial charge is 0.322 e. The highest BCUT2D eigenvalue weighted by Crippen LogP contribution is 2.36. The Labute approximate surface area is 79.7 Å². The molecule has 1 spiro atoms. The Bertz CT molecular complexity index is 327. The SMILES string of the molecule is O=C1NC(=O)[C@]2(CC[C@@H](C(=O)O)C2)N1. The van der Waals surface area contributed by atoms with Crippen molar-refractivity contribution in [2.45, 2.75) is 24.8 Å². The minimum Gasteiger partial charge on any atom is -0.481 e. The number of urea groups is 1. The zero-order valence-electron chi connectivity index (χ0n) is 7.37. The van der Waals surface area contributed by atoms with E-state index in [1.807, 2.05) is 0 Å². The summed E-state index contributed by atoms with van der Waals surface area (Å²) in [5.74, 6) is -1.83. The summed E-state index contributed by atoms with van der Waals surface area (Å²) >= 11 is 0. The molecule has 1 saturated carbocycles. The Morgan fingerprint density at radius 2 is 2.21 bits per heavy atom. The lowest BCUT2D eigenvalue weighted by Crippen LogP contribution is -2.44. The highest BCUT2D eigenvalue weighted by Gasteiger charge is 2.52. The Hall–Kier alpha value is -1.59. The fourth-order valence-corrected chi connectivity index (χ4v) is 2.10. The summed E-state index contributed by atoms with van der Waals surface area (Å²) in [6, 6.07) is -0.527. The lowest BCUT2D eigenvalue weighted by Gasteiger charge is -2.18. The molecule has 14 heavy (non-hydrogen) atoms. The van der Waals surface area contributed by atoms with Gasteiger partial charge in [-0.25, -0.2) is 4.79 Å². The van der Waals surface area contributed by atoms with Crippen molar-refractivity contribution >= 4 is 17.9 Å². The molecule has 76 valence electrons. The first kappa shape index (κ1) is 8.98. The van der Waals surface area contributed by atoms with Gasteiger partial charge in [-0.2, -0.15) is 0 Å². The van der Waals surface area contributed by atoms with Gasteiger partial charge < -0.3 is 10.4 Å². The monoisotopic (exact) mass is 198 g/mol. The van der Waals surface area contributed by atoms with E-state index in [0.29, 0.717) is 12.8 Å². The third-order valence-corrected chi connectivity index (χ3v) is 2.88. The number of carbonyl (C=O) groups is 3. The predicted octanol–water partition coefficient (Wildman–Crippen LogP) is -0.551. The zero-order valence-corrected chi connectivity index (χ0v) is 7.37. The zero-order chi connectivity index (χ0) is 10.3. The summed E-state index contributed by atoms with van der Waals surface area (Å²) in [7, 11) is 0. The van der Waals surface area contributed by atoms with Gasteiger partial charge in [0.25, 0.3) is 5.91 Å². The van der Waals surface area contributed by atoms with Gasteiger partial charge in [-0.1, -0.05) is 0 Å². The molecular weight excluding hydrogens is 188 g/mol. The van der Waals surface area contributed by atoms with E-state index in [0.717, 1.165) is 0 Å². The normalized spacial score (nSPS) is 35.9. The molecular formula is C8H10N2O4. The minimum atomic E-state index is -0.958. The van der Waals surface area contributed by atoms with Gasteiger partial charge in [0.1, 0.15) is 5.54 Å².